The van der Waals surface area contributed by atoms with Crippen molar-refractivity contribution in [2.45, 2.75) is 0 Å². The Hall–Kier alpha value is -1.43. The summed E-state index contributed by atoms with van der Waals surface area (Å²) in [5.41, 5.74) is 0.0723. The quantitative estimate of drug-likeness (QED) is 0.866. The van der Waals surface area contributed by atoms with Gasteiger partial charge in [-0.15, -0.1) is 0 Å². The largest absolute Gasteiger partial charge is 0.478 e. The second-order valence-electron chi connectivity index (χ2n) is 3.07. The minimum absolute atomic E-state index is 0.0892. The number of hydrogen-bond acceptors (Lipinski definition) is 2. The van der Waals surface area contributed by atoms with Gasteiger partial charge in [-0.1, -0.05) is 0 Å². The van der Waals surface area contributed by atoms with E-state index in [9.17, 15) is 9.18 Å². The first kappa shape index (κ1) is 10.1. The lowest BCUT2D eigenvalue weighted by atomic mass is 10.1. The number of benzene rings is 1. The molecule has 0 fully saturated rings. The molecule has 0 aliphatic rings. The lowest BCUT2D eigenvalue weighted by Crippen LogP contribution is -1.96. The number of carbonyl (C=O) groups is 1. The summed E-state index contributed by atoms with van der Waals surface area (Å²) in [6.45, 7) is 0. The molecule has 1 aromatic heterocycles. The van der Waals surface area contributed by atoms with Gasteiger partial charge in [0, 0.05) is 12.4 Å². The molecule has 0 saturated carbocycles. The number of carboxylic acids is 1. The summed E-state index contributed by atoms with van der Waals surface area (Å²) in [4.78, 5) is 10.7. The van der Waals surface area contributed by atoms with E-state index in [0.717, 1.165) is 6.07 Å². The Morgan fingerprint density at radius 2 is 2.27 bits per heavy atom. The van der Waals surface area contributed by atoms with E-state index < -0.39 is 11.8 Å². The molecule has 1 heterocycles. The second kappa shape index (κ2) is 3.30. The summed E-state index contributed by atoms with van der Waals surface area (Å²) in [5, 5.41) is 13.1. The highest BCUT2D eigenvalue weighted by molar-refractivity contribution is 9.10. The Kier molecular flexibility index (Phi) is 2.22. The van der Waals surface area contributed by atoms with Gasteiger partial charge in [0.05, 0.1) is 5.56 Å². The van der Waals surface area contributed by atoms with Crippen LogP contribution in [0.1, 0.15) is 10.4 Å². The molecule has 2 rings (SSSR count). The van der Waals surface area contributed by atoms with E-state index >= 15 is 0 Å². The first-order valence-electron chi connectivity index (χ1n) is 4.05. The van der Waals surface area contributed by atoms with Crippen molar-refractivity contribution in [3.63, 3.8) is 0 Å². The number of hydrogen-bond donors (Lipinski definition) is 1. The van der Waals surface area contributed by atoms with Crippen molar-refractivity contribution in [3.8, 4) is 0 Å². The van der Waals surface area contributed by atoms with Crippen molar-refractivity contribution >= 4 is 32.8 Å². The number of aromatic nitrogens is 2. The first-order valence-corrected chi connectivity index (χ1v) is 4.85. The maximum Gasteiger partial charge on any atom is 0.335 e. The van der Waals surface area contributed by atoms with Gasteiger partial charge < -0.3 is 5.11 Å². The molecule has 0 radical (unpaired) electrons. The standard InChI is InChI=1S/C9H6BrFN2O2/c1-13-8(10)5-2-4(9(14)15)3-6(11)7(5)12-13/h2-3H,1H3,(H,14,15). The highest BCUT2D eigenvalue weighted by atomic mass is 79.9. The van der Waals surface area contributed by atoms with Crippen molar-refractivity contribution in [1.82, 2.24) is 9.78 Å². The average Bonchev–Trinajstić information content (AvgIpc) is 2.45. The van der Waals surface area contributed by atoms with Crippen LogP contribution < -0.4 is 0 Å². The number of rotatable bonds is 1. The van der Waals surface area contributed by atoms with E-state index in [0.29, 0.717) is 9.99 Å². The first-order chi connectivity index (χ1) is 7.00. The molecule has 78 valence electrons. The lowest BCUT2D eigenvalue weighted by Gasteiger charge is -1.95. The fourth-order valence-corrected chi connectivity index (χ4v) is 1.73. The third-order valence-electron chi connectivity index (χ3n) is 2.07. The van der Waals surface area contributed by atoms with E-state index in [1.807, 2.05) is 0 Å². The minimum atomic E-state index is -1.16. The van der Waals surface area contributed by atoms with Crippen LogP contribution in [0.2, 0.25) is 0 Å². The number of aryl methyl sites for hydroxylation is 1. The molecule has 0 bridgehead atoms. The van der Waals surface area contributed by atoms with E-state index in [4.69, 9.17) is 5.11 Å². The summed E-state index contributed by atoms with van der Waals surface area (Å²) >= 11 is 3.21. The monoisotopic (exact) mass is 272 g/mol. The fourth-order valence-electron chi connectivity index (χ4n) is 1.35. The number of nitrogens with zero attached hydrogens (tertiary/aromatic N) is 2. The summed E-state index contributed by atoms with van der Waals surface area (Å²) in [6, 6.07) is 2.35. The lowest BCUT2D eigenvalue weighted by molar-refractivity contribution is 0.0696. The normalized spacial score (nSPS) is 10.9. The van der Waals surface area contributed by atoms with Gasteiger partial charge >= 0.3 is 5.97 Å². The molecule has 6 heteroatoms. The van der Waals surface area contributed by atoms with Crippen LogP contribution >= 0.6 is 15.9 Å². The van der Waals surface area contributed by atoms with Gasteiger partial charge in [0.15, 0.2) is 5.82 Å². The molecule has 1 aromatic carbocycles. The van der Waals surface area contributed by atoms with Crippen LogP contribution in [0.3, 0.4) is 0 Å². The van der Waals surface area contributed by atoms with Crippen LogP contribution in [0.25, 0.3) is 10.9 Å². The summed E-state index contributed by atoms with van der Waals surface area (Å²) in [5.74, 6) is -1.79. The van der Waals surface area contributed by atoms with Gasteiger partial charge in [0.25, 0.3) is 0 Å². The van der Waals surface area contributed by atoms with Crippen LogP contribution in [-0.2, 0) is 7.05 Å². The van der Waals surface area contributed by atoms with Crippen LogP contribution in [-0.4, -0.2) is 20.9 Å². The van der Waals surface area contributed by atoms with Gasteiger partial charge in [-0.05, 0) is 28.1 Å². The van der Waals surface area contributed by atoms with Crippen molar-refractivity contribution in [1.29, 1.82) is 0 Å². The molecular weight excluding hydrogens is 267 g/mol. The zero-order valence-electron chi connectivity index (χ0n) is 7.66. The van der Waals surface area contributed by atoms with E-state index in [1.165, 1.54) is 10.7 Å². The Morgan fingerprint density at radius 1 is 1.60 bits per heavy atom. The number of fused-ring (bicyclic) bond motifs is 1. The Labute approximate surface area is 92.4 Å². The molecule has 0 spiro atoms. The SMILES string of the molecule is Cn1nc2c(F)cc(C(=O)O)cc2c1Br. The molecule has 15 heavy (non-hydrogen) atoms. The predicted octanol–water partition coefficient (Wildman–Crippen LogP) is 2.17. The Morgan fingerprint density at radius 3 is 2.87 bits per heavy atom. The highest BCUT2D eigenvalue weighted by Crippen LogP contribution is 2.26. The molecule has 0 saturated heterocycles. The smallest absolute Gasteiger partial charge is 0.335 e. The number of carboxylic acid groups (broad SMARTS) is 1. The number of aromatic carboxylic acids is 1. The average molecular weight is 273 g/mol. The van der Waals surface area contributed by atoms with Crippen molar-refractivity contribution in [3.05, 3.63) is 28.1 Å². The minimum Gasteiger partial charge on any atom is -0.478 e. The van der Waals surface area contributed by atoms with Gasteiger partial charge in [0.2, 0.25) is 0 Å². The Bertz CT molecular complexity index is 565. The van der Waals surface area contributed by atoms with Crippen molar-refractivity contribution in [2.75, 3.05) is 0 Å². The molecular formula is C9H6BrFN2O2. The van der Waals surface area contributed by atoms with Gasteiger partial charge in [-0.3, -0.25) is 4.68 Å². The third-order valence-corrected chi connectivity index (χ3v) is 3.01. The molecule has 0 aliphatic heterocycles. The molecule has 4 nitrogen and oxygen atoms in total. The van der Waals surface area contributed by atoms with Gasteiger partial charge in [-0.25, -0.2) is 9.18 Å². The zero-order valence-corrected chi connectivity index (χ0v) is 9.25. The molecule has 0 amide bonds. The van der Waals surface area contributed by atoms with Crippen LogP contribution in [0.4, 0.5) is 4.39 Å². The van der Waals surface area contributed by atoms with Crippen LogP contribution in [0, 0.1) is 5.82 Å². The van der Waals surface area contributed by atoms with Crippen LogP contribution in [0.5, 0.6) is 0 Å². The third kappa shape index (κ3) is 1.50. The fraction of sp³-hybridized carbons (Fsp3) is 0.111. The van der Waals surface area contributed by atoms with E-state index in [2.05, 4.69) is 21.0 Å². The summed E-state index contributed by atoms with van der Waals surface area (Å²) in [6.07, 6.45) is 0. The highest BCUT2D eigenvalue weighted by Gasteiger charge is 2.14. The second-order valence-corrected chi connectivity index (χ2v) is 3.82. The van der Waals surface area contributed by atoms with Crippen LogP contribution in [0.15, 0.2) is 16.7 Å². The van der Waals surface area contributed by atoms with Gasteiger partial charge in [-0.2, -0.15) is 5.10 Å². The van der Waals surface area contributed by atoms with Gasteiger partial charge in [0.1, 0.15) is 10.1 Å². The zero-order chi connectivity index (χ0) is 11.2. The topological polar surface area (TPSA) is 55.1 Å². The summed E-state index contributed by atoms with van der Waals surface area (Å²) in [7, 11) is 1.64. The molecule has 2 aromatic rings. The maximum absolute atomic E-state index is 13.4. The van der Waals surface area contributed by atoms with Crippen molar-refractivity contribution in [2.24, 2.45) is 7.05 Å². The molecule has 0 atom stereocenters. The molecule has 0 aliphatic carbocycles. The van der Waals surface area contributed by atoms with E-state index in [1.54, 1.807) is 7.05 Å². The molecule has 0 unspecified atom stereocenters. The Balaban J connectivity index is 2.85. The predicted molar refractivity (Wildman–Crippen MR) is 55.3 cm³/mol. The maximum atomic E-state index is 13.4. The number of halogens is 2. The summed E-state index contributed by atoms with van der Waals surface area (Å²) < 4.78 is 15.4. The van der Waals surface area contributed by atoms with Crippen molar-refractivity contribution < 1.29 is 14.3 Å². The van der Waals surface area contributed by atoms with E-state index in [-0.39, 0.29) is 11.1 Å². The molecule has 1 N–H and O–H groups in total.